The Balaban J connectivity index is 1.37. The van der Waals surface area contributed by atoms with Crippen molar-refractivity contribution >= 4 is 16.9 Å². The number of ether oxygens (including phenoxy) is 2. The van der Waals surface area contributed by atoms with E-state index in [-0.39, 0.29) is 31.0 Å². The van der Waals surface area contributed by atoms with Crippen LogP contribution in [0.2, 0.25) is 0 Å². The fourth-order valence-corrected chi connectivity index (χ4v) is 5.04. The van der Waals surface area contributed by atoms with E-state index in [1.165, 1.54) is 22.6 Å². The van der Waals surface area contributed by atoms with Crippen LogP contribution < -0.4 is 4.74 Å². The van der Waals surface area contributed by atoms with Gasteiger partial charge in [0.05, 0.1) is 25.9 Å². The van der Waals surface area contributed by atoms with Crippen molar-refractivity contribution in [2.24, 2.45) is 0 Å². The number of likely N-dealkylation sites (tertiary alicyclic amines) is 1. The normalized spacial score (nSPS) is 17.6. The molecule has 0 aliphatic carbocycles. The number of nitrogens with zero attached hydrogens (tertiary/aromatic N) is 1. The van der Waals surface area contributed by atoms with Crippen molar-refractivity contribution in [1.82, 2.24) is 4.90 Å². The Morgan fingerprint density at radius 3 is 2.49 bits per heavy atom. The summed E-state index contributed by atoms with van der Waals surface area (Å²) in [6, 6.07) is 28.8. The van der Waals surface area contributed by atoms with E-state index >= 15 is 0 Å². The zero-order chi connectivity index (χ0) is 25.6. The quantitative estimate of drug-likeness (QED) is 0.295. The third-order valence-electron chi connectivity index (χ3n) is 7.02. The van der Waals surface area contributed by atoms with Crippen LogP contribution in [0.15, 0.2) is 91.0 Å². The van der Waals surface area contributed by atoms with Gasteiger partial charge in [0.1, 0.15) is 11.6 Å². The zero-order valence-corrected chi connectivity index (χ0v) is 20.6. The Kier molecular flexibility index (Phi) is 7.66. The molecule has 1 aliphatic heterocycles. The number of hydrogen-bond acceptors (Lipinski definition) is 3. The van der Waals surface area contributed by atoms with Crippen molar-refractivity contribution in [3.05, 3.63) is 114 Å². The number of amides is 1. The molecule has 5 rings (SSSR count). The Bertz CT molecular complexity index is 1340. The van der Waals surface area contributed by atoms with Crippen LogP contribution in [0.1, 0.15) is 29.0 Å². The molecule has 5 nitrogen and oxygen atoms in total. The van der Waals surface area contributed by atoms with Crippen LogP contribution >= 0.6 is 0 Å². The van der Waals surface area contributed by atoms with E-state index in [2.05, 4.69) is 24.3 Å². The minimum atomic E-state index is -0.957. The Labute approximate surface area is 216 Å². The van der Waals surface area contributed by atoms with Crippen molar-refractivity contribution in [3.63, 3.8) is 0 Å². The number of rotatable bonds is 8. The molecule has 1 fully saturated rings. The molecule has 2 atom stereocenters. The van der Waals surface area contributed by atoms with Crippen LogP contribution in [-0.2, 0) is 17.8 Å². The summed E-state index contributed by atoms with van der Waals surface area (Å²) < 4.78 is 26.3. The lowest BCUT2D eigenvalue weighted by molar-refractivity contribution is -0.0205. The highest BCUT2D eigenvalue weighted by molar-refractivity contribution is 5.89. The van der Waals surface area contributed by atoms with Crippen LogP contribution in [0.25, 0.3) is 10.8 Å². The smallest absolute Gasteiger partial charge is 0.407 e. The van der Waals surface area contributed by atoms with Gasteiger partial charge in [-0.25, -0.2) is 9.18 Å². The van der Waals surface area contributed by atoms with Gasteiger partial charge in [-0.15, -0.1) is 0 Å². The predicted molar refractivity (Wildman–Crippen MR) is 142 cm³/mol. The highest BCUT2D eigenvalue weighted by atomic mass is 19.1. The second kappa shape index (κ2) is 11.4. The lowest BCUT2D eigenvalue weighted by Gasteiger charge is -2.37. The van der Waals surface area contributed by atoms with E-state index in [0.29, 0.717) is 19.6 Å². The van der Waals surface area contributed by atoms with Gasteiger partial charge in [0.15, 0.2) is 0 Å². The molecule has 190 valence electrons. The third kappa shape index (κ3) is 5.92. The van der Waals surface area contributed by atoms with Crippen molar-refractivity contribution in [3.8, 4) is 5.75 Å². The van der Waals surface area contributed by atoms with Gasteiger partial charge in [0, 0.05) is 29.8 Å². The minimum absolute atomic E-state index is 0.0286. The summed E-state index contributed by atoms with van der Waals surface area (Å²) in [5.74, 6) is 0.468. The van der Waals surface area contributed by atoms with Gasteiger partial charge in [0.2, 0.25) is 0 Å². The van der Waals surface area contributed by atoms with Gasteiger partial charge in [-0.05, 0) is 35.1 Å². The Morgan fingerprint density at radius 1 is 0.946 bits per heavy atom. The van der Waals surface area contributed by atoms with Gasteiger partial charge in [-0.1, -0.05) is 78.9 Å². The molecule has 4 aromatic rings. The summed E-state index contributed by atoms with van der Waals surface area (Å²) in [5.41, 5.74) is 3.07. The van der Waals surface area contributed by atoms with Crippen LogP contribution in [0.4, 0.5) is 9.18 Å². The lowest BCUT2D eigenvalue weighted by Crippen LogP contribution is -2.46. The van der Waals surface area contributed by atoms with E-state index in [1.54, 1.807) is 12.1 Å². The van der Waals surface area contributed by atoms with E-state index in [9.17, 15) is 14.3 Å². The highest BCUT2D eigenvalue weighted by Crippen LogP contribution is 2.34. The average Bonchev–Trinajstić information content (AvgIpc) is 2.93. The maximum Gasteiger partial charge on any atom is 0.407 e. The maximum absolute atomic E-state index is 13.5. The molecule has 0 spiro atoms. The SMILES string of the molecule is O=C(O)N1CCC(c2ccc(F)cc2)C(OCc2ccc3ccccc3c2OCCc2ccccc2)C1. The first kappa shape index (κ1) is 24.8. The average molecular weight is 500 g/mol. The van der Waals surface area contributed by atoms with Crippen LogP contribution in [0.5, 0.6) is 5.75 Å². The molecule has 1 aliphatic rings. The minimum Gasteiger partial charge on any atom is -0.492 e. The van der Waals surface area contributed by atoms with E-state index in [1.807, 2.05) is 42.5 Å². The summed E-state index contributed by atoms with van der Waals surface area (Å²) in [4.78, 5) is 13.1. The first-order valence-corrected chi connectivity index (χ1v) is 12.6. The van der Waals surface area contributed by atoms with Crippen LogP contribution in [0.3, 0.4) is 0 Å². The first-order chi connectivity index (χ1) is 18.1. The first-order valence-electron chi connectivity index (χ1n) is 12.6. The Hall–Kier alpha value is -3.90. The molecule has 0 aromatic heterocycles. The van der Waals surface area contributed by atoms with Crippen molar-refractivity contribution in [2.75, 3.05) is 19.7 Å². The predicted octanol–water partition coefficient (Wildman–Crippen LogP) is 6.65. The molecule has 4 aromatic carbocycles. The maximum atomic E-state index is 13.5. The summed E-state index contributed by atoms with van der Waals surface area (Å²) in [7, 11) is 0. The fourth-order valence-electron chi connectivity index (χ4n) is 5.04. The van der Waals surface area contributed by atoms with Gasteiger partial charge < -0.3 is 19.5 Å². The second-order valence-corrected chi connectivity index (χ2v) is 9.38. The molecular formula is C31H30FNO4. The number of halogens is 1. The summed E-state index contributed by atoms with van der Waals surface area (Å²) in [6.45, 7) is 1.48. The number of hydrogen-bond donors (Lipinski definition) is 1. The molecule has 1 heterocycles. The van der Waals surface area contributed by atoms with Crippen molar-refractivity contribution in [2.45, 2.75) is 31.5 Å². The van der Waals surface area contributed by atoms with Crippen LogP contribution in [0, 0.1) is 5.82 Å². The molecule has 2 unspecified atom stereocenters. The summed E-state index contributed by atoms with van der Waals surface area (Å²) in [6.07, 6.45) is 0.0780. The molecule has 0 saturated carbocycles. The molecule has 1 N–H and O–H groups in total. The Morgan fingerprint density at radius 2 is 1.70 bits per heavy atom. The number of benzene rings is 4. The summed E-state index contributed by atoms with van der Waals surface area (Å²) in [5, 5.41) is 11.7. The second-order valence-electron chi connectivity index (χ2n) is 9.38. The molecular weight excluding hydrogens is 469 g/mol. The number of carbonyl (C=O) groups is 1. The lowest BCUT2D eigenvalue weighted by atomic mass is 9.87. The molecule has 37 heavy (non-hydrogen) atoms. The largest absolute Gasteiger partial charge is 0.492 e. The van der Waals surface area contributed by atoms with Gasteiger partial charge in [-0.3, -0.25) is 0 Å². The fraction of sp³-hybridized carbons (Fsp3) is 0.258. The highest BCUT2D eigenvalue weighted by Gasteiger charge is 2.33. The number of piperidine rings is 1. The van der Waals surface area contributed by atoms with E-state index in [0.717, 1.165) is 34.1 Å². The monoisotopic (exact) mass is 499 g/mol. The van der Waals surface area contributed by atoms with Gasteiger partial charge >= 0.3 is 6.09 Å². The zero-order valence-electron chi connectivity index (χ0n) is 20.6. The van der Waals surface area contributed by atoms with Crippen LogP contribution in [-0.4, -0.2) is 41.9 Å². The molecule has 6 heteroatoms. The third-order valence-corrected chi connectivity index (χ3v) is 7.02. The standard InChI is InChI=1S/C31H30FNO4/c32-26-14-12-24(13-15-26)27-16-18-33(31(34)35)20-29(27)37-21-25-11-10-23-8-4-5-9-28(23)30(25)36-19-17-22-6-2-1-3-7-22/h1-15,27,29H,16-21H2,(H,34,35). The van der Waals surface area contributed by atoms with Gasteiger partial charge in [0.25, 0.3) is 0 Å². The molecule has 0 radical (unpaired) electrons. The van der Waals surface area contributed by atoms with E-state index in [4.69, 9.17) is 9.47 Å². The molecule has 1 saturated heterocycles. The van der Waals surface area contributed by atoms with Gasteiger partial charge in [-0.2, -0.15) is 0 Å². The summed E-state index contributed by atoms with van der Waals surface area (Å²) >= 11 is 0. The number of carboxylic acid groups (broad SMARTS) is 1. The molecule has 0 bridgehead atoms. The van der Waals surface area contributed by atoms with Crippen molar-refractivity contribution < 1.29 is 23.8 Å². The molecule has 1 amide bonds. The number of fused-ring (bicyclic) bond motifs is 1. The van der Waals surface area contributed by atoms with Crippen molar-refractivity contribution in [1.29, 1.82) is 0 Å². The topological polar surface area (TPSA) is 59.0 Å². The van der Waals surface area contributed by atoms with E-state index < -0.39 is 6.09 Å².